The van der Waals surface area contributed by atoms with Crippen molar-refractivity contribution in [3.05, 3.63) is 28.2 Å². The average molecular weight is 395 g/mol. The quantitative estimate of drug-likeness (QED) is 0.823. The van der Waals surface area contributed by atoms with Crippen LogP contribution in [0, 0.1) is 0 Å². The zero-order valence-electron chi connectivity index (χ0n) is 11.9. The van der Waals surface area contributed by atoms with E-state index < -0.39 is 29.7 Å². The number of rotatable bonds is 4. The van der Waals surface area contributed by atoms with E-state index in [0.29, 0.717) is 19.4 Å². The Bertz CT molecular complexity index is 622. The maximum absolute atomic E-state index is 12.8. The number of nitrogens with one attached hydrogen (secondary N) is 1. The van der Waals surface area contributed by atoms with Crippen molar-refractivity contribution in [2.45, 2.75) is 25.1 Å². The van der Waals surface area contributed by atoms with E-state index in [9.17, 15) is 22.8 Å². The lowest BCUT2D eigenvalue weighted by molar-refractivity contribution is -0.142. The van der Waals surface area contributed by atoms with Gasteiger partial charge in [-0.2, -0.15) is 13.2 Å². The molecule has 0 radical (unpaired) electrons. The maximum atomic E-state index is 12.8. The normalized spacial score (nSPS) is 18.9. The Labute approximate surface area is 138 Å². The monoisotopic (exact) mass is 394 g/mol. The molecule has 1 amide bonds. The van der Waals surface area contributed by atoms with E-state index in [0.717, 1.165) is 6.07 Å². The van der Waals surface area contributed by atoms with E-state index >= 15 is 0 Å². The van der Waals surface area contributed by atoms with Crippen LogP contribution in [-0.4, -0.2) is 41.0 Å². The van der Waals surface area contributed by atoms with Gasteiger partial charge in [-0.1, -0.05) is 15.9 Å². The number of halogens is 4. The van der Waals surface area contributed by atoms with Gasteiger partial charge in [-0.25, -0.2) is 0 Å². The molecule has 1 aromatic carbocycles. The van der Waals surface area contributed by atoms with Crippen LogP contribution >= 0.6 is 15.9 Å². The summed E-state index contributed by atoms with van der Waals surface area (Å²) in [6, 6.07) is 2.65. The van der Waals surface area contributed by atoms with E-state index in [1.54, 1.807) is 0 Å². The average Bonchev–Trinajstić information content (AvgIpc) is 2.87. The first-order valence-corrected chi connectivity index (χ1v) is 7.61. The minimum Gasteiger partial charge on any atom is -0.480 e. The topological polar surface area (TPSA) is 69.6 Å². The Hall–Kier alpha value is -1.61. The molecule has 1 atom stereocenters. The molecular weight excluding hydrogens is 381 g/mol. The third-order valence-corrected chi connectivity index (χ3v) is 4.24. The van der Waals surface area contributed by atoms with Gasteiger partial charge in [0.25, 0.3) is 0 Å². The summed E-state index contributed by atoms with van der Waals surface area (Å²) in [4.78, 5) is 24.5. The van der Waals surface area contributed by atoms with Crippen molar-refractivity contribution in [2.75, 3.05) is 18.4 Å². The molecule has 2 rings (SSSR count). The molecule has 0 spiro atoms. The van der Waals surface area contributed by atoms with Crippen LogP contribution in [0.3, 0.4) is 0 Å². The third kappa shape index (κ3) is 4.44. The molecule has 1 aromatic rings. The molecule has 23 heavy (non-hydrogen) atoms. The number of aliphatic carboxylic acids is 1. The molecule has 1 saturated heterocycles. The predicted molar refractivity (Wildman–Crippen MR) is 80.0 cm³/mol. The Morgan fingerprint density at radius 1 is 1.39 bits per heavy atom. The molecule has 5 nitrogen and oxygen atoms in total. The second kappa shape index (κ2) is 6.88. The minimum atomic E-state index is -4.54. The van der Waals surface area contributed by atoms with Crippen LogP contribution in [0.2, 0.25) is 0 Å². The summed E-state index contributed by atoms with van der Waals surface area (Å²) < 4.78 is 38.3. The fourth-order valence-corrected chi connectivity index (χ4v) is 2.97. The van der Waals surface area contributed by atoms with Gasteiger partial charge in [0.2, 0.25) is 5.91 Å². The maximum Gasteiger partial charge on any atom is 0.417 e. The van der Waals surface area contributed by atoms with Gasteiger partial charge in [0.05, 0.1) is 12.1 Å². The van der Waals surface area contributed by atoms with Crippen molar-refractivity contribution >= 4 is 33.5 Å². The Morgan fingerprint density at radius 2 is 2.09 bits per heavy atom. The highest BCUT2D eigenvalue weighted by Gasteiger charge is 2.34. The van der Waals surface area contributed by atoms with Gasteiger partial charge in [0, 0.05) is 10.2 Å². The number of alkyl halides is 3. The van der Waals surface area contributed by atoms with Crippen molar-refractivity contribution in [2.24, 2.45) is 0 Å². The first-order chi connectivity index (χ1) is 10.7. The highest BCUT2D eigenvalue weighted by molar-refractivity contribution is 9.10. The minimum absolute atomic E-state index is 0.0107. The zero-order valence-corrected chi connectivity index (χ0v) is 13.4. The van der Waals surface area contributed by atoms with Crippen molar-refractivity contribution in [3.63, 3.8) is 0 Å². The van der Waals surface area contributed by atoms with Gasteiger partial charge in [0.1, 0.15) is 6.04 Å². The van der Waals surface area contributed by atoms with Crippen LogP contribution in [0.25, 0.3) is 0 Å². The molecule has 0 bridgehead atoms. The van der Waals surface area contributed by atoms with Gasteiger partial charge in [-0.05, 0) is 37.6 Å². The lowest BCUT2D eigenvalue weighted by atomic mass is 10.2. The Balaban J connectivity index is 2.05. The first kappa shape index (κ1) is 17.7. The number of hydrogen-bond donors (Lipinski definition) is 2. The SMILES string of the molecule is O=C(CN1CCC[C@@H]1C(=O)O)Nc1ccc(Br)c(C(F)(F)F)c1. The molecule has 0 saturated carbocycles. The third-order valence-electron chi connectivity index (χ3n) is 3.55. The number of carboxylic acids is 1. The highest BCUT2D eigenvalue weighted by atomic mass is 79.9. The molecule has 1 aliphatic rings. The molecule has 1 heterocycles. The molecule has 1 fully saturated rings. The summed E-state index contributed by atoms with van der Waals surface area (Å²) in [7, 11) is 0. The summed E-state index contributed by atoms with van der Waals surface area (Å²) >= 11 is 2.82. The summed E-state index contributed by atoms with van der Waals surface area (Å²) in [5.74, 6) is -1.55. The van der Waals surface area contributed by atoms with Crippen LogP contribution in [-0.2, 0) is 15.8 Å². The number of carboxylic acid groups (broad SMARTS) is 1. The number of carbonyl (C=O) groups excluding carboxylic acids is 1. The van der Waals surface area contributed by atoms with E-state index in [-0.39, 0.29) is 16.7 Å². The van der Waals surface area contributed by atoms with Crippen LogP contribution in [0.5, 0.6) is 0 Å². The van der Waals surface area contributed by atoms with Crippen LogP contribution in [0.15, 0.2) is 22.7 Å². The molecule has 0 aromatic heterocycles. The molecule has 126 valence electrons. The summed E-state index contributed by atoms with van der Waals surface area (Å²) in [5.41, 5.74) is -0.878. The molecule has 2 N–H and O–H groups in total. The van der Waals surface area contributed by atoms with E-state index in [2.05, 4.69) is 21.2 Å². The summed E-state index contributed by atoms with van der Waals surface area (Å²) in [6.45, 7) is 0.299. The molecular formula is C14H14BrF3N2O3. The van der Waals surface area contributed by atoms with Crippen LogP contribution in [0.1, 0.15) is 18.4 Å². The van der Waals surface area contributed by atoms with E-state index in [1.165, 1.54) is 17.0 Å². The molecule has 9 heteroatoms. The number of carbonyl (C=O) groups is 2. The van der Waals surface area contributed by atoms with E-state index in [4.69, 9.17) is 5.11 Å². The van der Waals surface area contributed by atoms with Gasteiger partial charge in [-0.3, -0.25) is 14.5 Å². The zero-order chi connectivity index (χ0) is 17.2. The number of benzene rings is 1. The van der Waals surface area contributed by atoms with E-state index in [1.807, 2.05) is 0 Å². The molecule has 1 aliphatic heterocycles. The number of amides is 1. The highest BCUT2D eigenvalue weighted by Crippen LogP contribution is 2.36. The second-order valence-electron chi connectivity index (χ2n) is 5.21. The van der Waals surface area contributed by atoms with Crippen molar-refractivity contribution in [3.8, 4) is 0 Å². The van der Waals surface area contributed by atoms with Gasteiger partial charge in [-0.15, -0.1) is 0 Å². The second-order valence-corrected chi connectivity index (χ2v) is 6.06. The van der Waals surface area contributed by atoms with Gasteiger partial charge >= 0.3 is 12.1 Å². The number of nitrogens with zero attached hydrogens (tertiary/aromatic N) is 1. The fourth-order valence-electron chi connectivity index (χ4n) is 2.50. The lowest BCUT2D eigenvalue weighted by Gasteiger charge is -2.20. The van der Waals surface area contributed by atoms with Crippen LogP contribution in [0.4, 0.5) is 18.9 Å². The largest absolute Gasteiger partial charge is 0.480 e. The smallest absolute Gasteiger partial charge is 0.417 e. The fraction of sp³-hybridized carbons (Fsp3) is 0.429. The van der Waals surface area contributed by atoms with Crippen molar-refractivity contribution in [1.82, 2.24) is 4.90 Å². The number of anilines is 1. The summed E-state index contributed by atoms with van der Waals surface area (Å²) in [6.07, 6.45) is -3.41. The number of hydrogen-bond acceptors (Lipinski definition) is 3. The predicted octanol–water partition coefficient (Wildman–Crippen LogP) is 2.96. The van der Waals surface area contributed by atoms with Crippen molar-refractivity contribution < 1.29 is 27.9 Å². The van der Waals surface area contributed by atoms with Gasteiger partial charge in [0.15, 0.2) is 0 Å². The molecule has 0 unspecified atom stereocenters. The summed E-state index contributed by atoms with van der Waals surface area (Å²) in [5, 5.41) is 11.4. The Morgan fingerprint density at radius 3 is 2.70 bits per heavy atom. The van der Waals surface area contributed by atoms with Crippen LogP contribution < -0.4 is 5.32 Å². The van der Waals surface area contributed by atoms with Gasteiger partial charge < -0.3 is 10.4 Å². The number of likely N-dealkylation sites (tertiary alicyclic amines) is 1. The first-order valence-electron chi connectivity index (χ1n) is 6.82. The Kier molecular flexibility index (Phi) is 5.30. The molecule has 0 aliphatic carbocycles. The lowest BCUT2D eigenvalue weighted by Crippen LogP contribution is -2.40. The van der Waals surface area contributed by atoms with Crippen molar-refractivity contribution in [1.29, 1.82) is 0 Å². The standard InChI is InChI=1S/C14H14BrF3N2O3/c15-10-4-3-8(6-9(10)14(16,17)18)19-12(21)7-20-5-1-2-11(20)13(22)23/h3-4,6,11H,1-2,5,7H2,(H,19,21)(H,22,23)/t11-/m1/s1.